The van der Waals surface area contributed by atoms with Gasteiger partial charge in [0, 0.05) is 31.7 Å². The Labute approximate surface area is 74.8 Å². The second-order valence-corrected chi connectivity index (χ2v) is 4.28. The topological polar surface area (TPSA) is 35.5 Å². The number of nitrogens with zero attached hydrogens (tertiary/aromatic N) is 1. The Morgan fingerprint density at radius 1 is 1.58 bits per heavy atom. The van der Waals surface area contributed by atoms with Crippen molar-refractivity contribution in [1.29, 1.82) is 0 Å². The molecule has 0 bridgehead atoms. The zero-order valence-electron chi connectivity index (χ0n) is 8.30. The van der Waals surface area contributed by atoms with Crippen LogP contribution in [0.5, 0.6) is 0 Å². The van der Waals surface area contributed by atoms with Crippen LogP contribution >= 0.6 is 0 Å². The predicted molar refractivity (Wildman–Crippen MR) is 50.2 cm³/mol. The van der Waals surface area contributed by atoms with Crippen molar-refractivity contribution in [1.82, 2.24) is 10.2 Å². The van der Waals surface area contributed by atoms with Crippen molar-refractivity contribution in [3.8, 4) is 0 Å². The van der Waals surface area contributed by atoms with Gasteiger partial charge in [-0.2, -0.15) is 0 Å². The number of piperazine rings is 1. The smallest absolute Gasteiger partial charge is 0.0639 e. The molecule has 0 aliphatic carbocycles. The van der Waals surface area contributed by atoms with Crippen molar-refractivity contribution < 1.29 is 5.11 Å². The number of hydrogen-bond donors (Lipinski definition) is 2. The minimum Gasteiger partial charge on any atom is -0.392 e. The molecule has 1 fully saturated rings. The summed E-state index contributed by atoms with van der Waals surface area (Å²) in [5, 5.41) is 12.6. The molecule has 0 radical (unpaired) electrons. The lowest BCUT2D eigenvalue weighted by molar-refractivity contribution is 0.0413. The summed E-state index contributed by atoms with van der Waals surface area (Å²) in [5.41, 5.74) is 0.190. The van der Waals surface area contributed by atoms with Crippen molar-refractivity contribution in [2.45, 2.75) is 32.4 Å². The molecule has 1 heterocycles. The lowest BCUT2D eigenvalue weighted by Crippen LogP contribution is -2.59. The minimum absolute atomic E-state index is 0.190. The Kier molecular flexibility index (Phi) is 3.09. The van der Waals surface area contributed by atoms with E-state index in [-0.39, 0.29) is 11.6 Å². The fourth-order valence-electron chi connectivity index (χ4n) is 1.68. The standard InChI is InChI=1S/C9H20N2O/c1-8(12)6-11-5-4-10-7-9(11,2)3/h8,10,12H,4-7H2,1-3H3/t8-/m1/s1. The van der Waals surface area contributed by atoms with Crippen molar-refractivity contribution in [3.63, 3.8) is 0 Å². The van der Waals surface area contributed by atoms with Gasteiger partial charge in [-0.15, -0.1) is 0 Å². The molecule has 3 nitrogen and oxygen atoms in total. The number of β-amino-alcohol motifs (C(OH)–C–C–N with tert-alkyl or cyclic N) is 1. The van der Waals surface area contributed by atoms with Gasteiger partial charge in [0.1, 0.15) is 0 Å². The van der Waals surface area contributed by atoms with Gasteiger partial charge in [-0.05, 0) is 20.8 Å². The van der Waals surface area contributed by atoms with E-state index >= 15 is 0 Å². The lowest BCUT2D eigenvalue weighted by atomic mass is 10.00. The molecular weight excluding hydrogens is 152 g/mol. The predicted octanol–water partition coefficient (Wildman–Crippen LogP) is 0.0510. The fourth-order valence-corrected chi connectivity index (χ4v) is 1.68. The van der Waals surface area contributed by atoms with E-state index in [0.717, 1.165) is 26.2 Å². The van der Waals surface area contributed by atoms with Gasteiger partial charge >= 0.3 is 0 Å². The Morgan fingerprint density at radius 3 is 2.75 bits per heavy atom. The molecule has 72 valence electrons. The Hall–Kier alpha value is -0.120. The van der Waals surface area contributed by atoms with Crippen LogP contribution in [-0.2, 0) is 0 Å². The van der Waals surface area contributed by atoms with Crippen LogP contribution in [0.3, 0.4) is 0 Å². The van der Waals surface area contributed by atoms with Crippen molar-refractivity contribution >= 4 is 0 Å². The number of aliphatic hydroxyl groups excluding tert-OH is 1. The maximum atomic E-state index is 9.27. The maximum Gasteiger partial charge on any atom is 0.0639 e. The van der Waals surface area contributed by atoms with Gasteiger partial charge in [0.25, 0.3) is 0 Å². The average Bonchev–Trinajstić information content (AvgIpc) is 1.92. The average molecular weight is 172 g/mol. The van der Waals surface area contributed by atoms with Gasteiger partial charge in [0.15, 0.2) is 0 Å². The van der Waals surface area contributed by atoms with E-state index in [0.29, 0.717) is 0 Å². The van der Waals surface area contributed by atoms with E-state index < -0.39 is 0 Å². The monoisotopic (exact) mass is 172 g/mol. The molecule has 0 saturated carbocycles. The van der Waals surface area contributed by atoms with Gasteiger partial charge in [0.05, 0.1) is 6.10 Å². The lowest BCUT2D eigenvalue weighted by Gasteiger charge is -2.43. The zero-order chi connectivity index (χ0) is 9.19. The largest absolute Gasteiger partial charge is 0.392 e. The summed E-state index contributed by atoms with van der Waals surface area (Å²) in [4.78, 5) is 2.34. The highest BCUT2D eigenvalue weighted by Crippen LogP contribution is 2.15. The molecule has 3 heteroatoms. The highest BCUT2D eigenvalue weighted by Gasteiger charge is 2.29. The molecule has 1 aliphatic rings. The van der Waals surface area contributed by atoms with E-state index in [2.05, 4.69) is 24.1 Å². The molecule has 0 aromatic rings. The number of rotatable bonds is 2. The third-order valence-corrected chi connectivity index (χ3v) is 2.46. The van der Waals surface area contributed by atoms with Crippen molar-refractivity contribution in [2.75, 3.05) is 26.2 Å². The van der Waals surface area contributed by atoms with E-state index in [1.54, 1.807) is 0 Å². The summed E-state index contributed by atoms with van der Waals surface area (Å²) >= 11 is 0. The van der Waals surface area contributed by atoms with Crippen LogP contribution in [-0.4, -0.2) is 47.8 Å². The number of hydrogen-bond acceptors (Lipinski definition) is 3. The van der Waals surface area contributed by atoms with Crippen LogP contribution in [0.25, 0.3) is 0 Å². The summed E-state index contributed by atoms with van der Waals surface area (Å²) in [7, 11) is 0. The molecule has 0 aromatic carbocycles. The first-order chi connectivity index (χ1) is 5.52. The van der Waals surface area contributed by atoms with Gasteiger partial charge < -0.3 is 10.4 Å². The van der Waals surface area contributed by atoms with E-state index in [1.807, 2.05) is 6.92 Å². The van der Waals surface area contributed by atoms with Crippen LogP contribution in [0, 0.1) is 0 Å². The molecule has 1 rings (SSSR count). The number of nitrogens with one attached hydrogen (secondary N) is 1. The summed E-state index contributed by atoms with van der Waals surface area (Å²) in [6.07, 6.45) is -0.220. The Bertz CT molecular complexity index is 145. The molecule has 2 N–H and O–H groups in total. The van der Waals surface area contributed by atoms with Gasteiger partial charge in [0.2, 0.25) is 0 Å². The highest BCUT2D eigenvalue weighted by molar-refractivity contribution is 4.88. The van der Waals surface area contributed by atoms with E-state index in [1.165, 1.54) is 0 Å². The molecule has 1 saturated heterocycles. The Balaban J connectivity index is 2.48. The van der Waals surface area contributed by atoms with Crippen molar-refractivity contribution in [2.24, 2.45) is 0 Å². The zero-order valence-corrected chi connectivity index (χ0v) is 8.30. The van der Waals surface area contributed by atoms with Gasteiger partial charge in [-0.3, -0.25) is 4.90 Å². The molecule has 0 aromatic heterocycles. The third-order valence-electron chi connectivity index (χ3n) is 2.46. The summed E-state index contributed by atoms with van der Waals surface area (Å²) in [6, 6.07) is 0. The molecule has 0 amide bonds. The first kappa shape index (κ1) is 9.96. The first-order valence-corrected chi connectivity index (χ1v) is 4.66. The second-order valence-electron chi connectivity index (χ2n) is 4.28. The van der Waals surface area contributed by atoms with Crippen LogP contribution in [0.4, 0.5) is 0 Å². The van der Waals surface area contributed by atoms with E-state index in [4.69, 9.17) is 0 Å². The molecule has 0 spiro atoms. The van der Waals surface area contributed by atoms with E-state index in [9.17, 15) is 5.11 Å². The first-order valence-electron chi connectivity index (χ1n) is 4.66. The summed E-state index contributed by atoms with van der Waals surface area (Å²) < 4.78 is 0. The Morgan fingerprint density at radius 2 is 2.25 bits per heavy atom. The molecular formula is C9H20N2O. The molecule has 1 aliphatic heterocycles. The highest BCUT2D eigenvalue weighted by atomic mass is 16.3. The van der Waals surface area contributed by atoms with Crippen LogP contribution in [0.1, 0.15) is 20.8 Å². The number of aliphatic hydroxyl groups is 1. The molecule has 0 unspecified atom stereocenters. The minimum atomic E-state index is -0.220. The second kappa shape index (κ2) is 3.73. The normalized spacial score (nSPS) is 27.0. The summed E-state index contributed by atoms with van der Waals surface area (Å²) in [6.45, 7) is 10.1. The van der Waals surface area contributed by atoms with Gasteiger partial charge in [-0.1, -0.05) is 0 Å². The third kappa shape index (κ3) is 2.44. The fraction of sp³-hybridized carbons (Fsp3) is 1.00. The van der Waals surface area contributed by atoms with Crippen LogP contribution < -0.4 is 5.32 Å². The van der Waals surface area contributed by atoms with Gasteiger partial charge in [-0.25, -0.2) is 0 Å². The summed E-state index contributed by atoms with van der Waals surface area (Å²) in [5.74, 6) is 0. The SMILES string of the molecule is C[C@@H](O)CN1CCNCC1(C)C. The quantitative estimate of drug-likeness (QED) is 0.618. The molecule has 12 heavy (non-hydrogen) atoms. The van der Waals surface area contributed by atoms with Crippen molar-refractivity contribution in [3.05, 3.63) is 0 Å². The molecule has 1 atom stereocenters. The maximum absolute atomic E-state index is 9.27. The van der Waals surface area contributed by atoms with Crippen LogP contribution in [0.2, 0.25) is 0 Å². The van der Waals surface area contributed by atoms with Crippen LogP contribution in [0.15, 0.2) is 0 Å².